The lowest BCUT2D eigenvalue weighted by atomic mass is 10.00. The Morgan fingerprint density at radius 1 is 1.24 bits per heavy atom. The van der Waals surface area contributed by atoms with Gasteiger partial charge in [-0.3, -0.25) is 9.46 Å². The lowest BCUT2D eigenvalue weighted by Gasteiger charge is -2.15. The number of fused-ring (bicyclic) bond motifs is 1. The molecule has 0 aliphatic carbocycles. The monoisotopic (exact) mass is 488 g/mol. The molecule has 3 heterocycles. The summed E-state index contributed by atoms with van der Waals surface area (Å²) in [6, 6.07) is 10.3. The number of hydrogen-bond donors (Lipinski definition) is 1. The van der Waals surface area contributed by atoms with Gasteiger partial charge < -0.3 is 19.1 Å². The molecule has 2 atom stereocenters. The molecule has 11 nitrogen and oxygen atoms in total. The minimum atomic E-state index is -3.69. The van der Waals surface area contributed by atoms with Crippen LogP contribution in [-0.4, -0.2) is 57.1 Å². The van der Waals surface area contributed by atoms with Crippen LogP contribution in [-0.2, 0) is 34.0 Å². The molecule has 1 N–H and O–H groups in total. The number of aromatic nitrogens is 4. The Hall–Kier alpha value is -3.34. The summed E-state index contributed by atoms with van der Waals surface area (Å²) in [5.41, 5.74) is 3.64. The molecule has 0 spiro atoms. The molecule has 1 aromatic heterocycles. The van der Waals surface area contributed by atoms with Gasteiger partial charge in [0.05, 0.1) is 18.8 Å². The summed E-state index contributed by atoms with van der Waals surface area (Å²) in [6.45, 7) is 2.20. The smallest absolute Gasteiger partial charge is 0.414 e. The van der Waals surface area contributed by atoms with Crippen LogP contribution in [0.2, 0.25) is 0 Å². The standard InChI is InChI=1S/C21H22FN6O5P/c1-26-20(23-24-25-26)27-9-14-4-3-13(7-15(14)10-27)18-6-5-16(8-19(18)22)28-11-17(33-21(28)29)12-32-34(2,30)31/h3-8,17H,9-12H2,1-2H3,(H,30,31)/t17-/m1/s1. The molecule has 2 aromatic carbocycles. The summed E-state index contributed by atoms with van der Waals surface area (Å²) < 4.78 is 38.0. The van der Waals surface area contributed by atoms with E-state index in [0.717, 1.165) is 23.4 Å². The molecular formula is C21H22FN6O5P. The van der Waals surface area contributed by atoms with Crippen molar-refractivity contribution in [2.24, 2.45) is 7.05 Å². The van der Waals surface area contributed by atoms with Crippen molar-refractivity contribution in [1.82, 2.24) is 20.2 Å². The first-order valence-electron chi connectivity index (χ1n) is 10.5. The largest absolute Gasteiger partial charge is 0.441 e. The highest BCUT2D eigenvalue weighted by Crippen LogP contribution is 2.37. The summed E-state index contributed by atoms with van der Waals surface area (Å²) >= 11 is 0. The predicted molar refractivity (Wildman–Crippen MR) is 120 cm³/mol. The number of cyclic esters (lactones) is 1. The van der Waals surface area contributed by atoms with Gasteiger partial charge in [-0.05, 0) is 51.4 Å². The molecule has 178 valence electrons. The number of halogens is 1. The van der Waals surface area contributed by atoms with E-state index in [1.807, 2.05) is 23.1 Å². The fourth-order valence-corrected chi connectivity index (χ4v) is 4.59. The summed E-state index contributed by atoms with van der Waals surface area (Å²) in [5, 5.41) is 11.6. The maximum atomic E-state index is 15.1. The van der Waals surface area contributed by atoms with Crippen LogP contribution in [0.3, 0.4) is 0 Å². The average molecular weight is 488 g/mol. The van der Waals surface area contributed by atoms with E-state index in [2.05, 4.69) is 15.5 Å². The lowest BCUT2D eigenvalue weighted by Crippen LogP contribution is -2.25. The maximum absolute atomic E-state index is 15.1. The quantitative estimate of drug-likeness (QED) is 0.522. The Labute approximate surface area is 194 Å². The number of tetrazole rings is 1. The molecule has 2 aliphatic heterocycles. The van der Waals surface area contributed by atoms with Gasteiger partial charge in [-0.15, -0.1) is 0 Å². The Bertz CT molecular complexity index is 1310. The van der Waals surface area contributed by atoms with Gasteiger partial charge in [-0.1, -0.05) is 17.2 Å². The summed E-state index contributed by atoms with van der Waals surface area (Å²) in [6.07, 6.45) is -1.39. The molecule has 5 rings (SSSR count). The van der Waals surface area contributed by atoms with Crippen LogP contribution in [0.4, 0.5) is 20.8 Å². The van der Waals surface area contributed by atoms with Crippen molar-refractivity contribution >= 4 is 25.3 Å². The van der Waals surface area contributed by atoms with Crippen LogP contribution in [0.1, 0.15) is 11.1 Å². The summed E-state index contributed by atoms with van der Waals surface area (Å²) in [7, 11) is -1.91. The highest BCUT2D eigenvalue weighted by molar-refractivity contribution is 7.51. The van der Waals surface area contributed by atoms with E-state index in [-0.39, 0.29) is 13.2 Å². The molecule has 2 aliphatic rings. The van der Waals surface area contributed by atoms with Gasteiger partial charge in [0.2, 0.25) is 5.95 Å². The van der Waals surface area contributed by atoms with Crippen LogP contribution < -0.4 is 9.80 Å². The molecule has 3 aromatic rings. The van der Waals surface area contributed by atoms with E-state index in [4.69, 9.17) is 9.26 Å². The van der Waals surface area contributed by atoms with Crippen molar-refractivity contribution in [3.05, 3.63) is 53.3 Å². The van der Waals surface area contributed by atoms with E-state index in [9.17, 15) is 14.3 Å². The number of ether oxygens (including phenoxy) is 1. The number of anilines is 2. The predicted octanol–water partition coefficient (Wildman–Crippen LogP) is 2.69. The molecule has 1 saturated heterocycles. The number of nitrogens with zero attached hydrogens (tertiary/aromatic N) is 6. The van der Waals surface area contributed by atoms with E-state index in [1.165, 1.54) is 11.0 Å². The van der Waals surface area contributed by atoms with Crippen molar-refractivity contribution in [2.45, 2.75) is 19.2 Å². The van der Waals surface area contributed by atoms with Crippen LogP contribution in [0, 0.1) is 5.82 Å². The van der Waals surface area contributed by atoms with E-state index < -0.39 is 25.6 Å². The molecule has 34 heavy (non-hydrogen) atoms. The number of benzene rings is 2. The fourth-order valence-electron chi connectivity index (χ4n) is 4.14. The van der Waals surface area contributed by atoms with Crippen molar-refractivity contribution < 1.29 is 27.9 Å². The van der Waals surface area contributed by atoms with Gasteiger partial charge in [-0.25, -0.2) is 13.9 Å². The zero-order chi connectivity index (χ0) is 24.0. The third-order valence-electron chi connectivity index (χ3n) is 5.76. The first-order valence-corrected chi connectivity index (χ1v) is 12.5. The van der Waals surface area contributed by atoms with Gasteiger partial charge in [0.25, 0.3) is 0 Å². The zero-order valence-electron chi connectivity index (χ0n) is 18.5. The third-order valence-corrected chi connectivity index (χ3v) is 6.39. The molecule has 0 bridgehead atoms. The van der Waals surface area contributed by atoms with E-state index in [1.54, 1.807) is 23.9 Å². The Kier molecular flexibility index (Phi) is 5.59. The van der Waals surface area contributed by atoms with Crippen LogP contribution in [0.5, 0.6) is 0 Å². The molecule has 13 heteroatoms. The Balaban J connectivity index is 1.32. The van der Waals surface area contributed by atoms with Crippen LogP contribution >= 0.6 is 7.60 Å². The first-order chi connectivity index (χ1) is 16.2. The number of carbonyl (C=O) groups is 1. The van der Waals surface area contributed by atoms with Gasteiger partial charge in [0.15, 0.2) is 0 Å². The lowest BCUT2D eigenvalue weighted by molar-refractivity contribution is 0.100. The normalized spacial score (nSPS) is 19.3. The van der Waals surface area contributed by atoms with Crippen molar-refractivity contribution in [3.63, 3.8) is 0 Å². The topological polar surface area (TPSA) is 123 Å². The van der Waals surface area contributed by atoms with Crippen LogP contribution in [0.15, 0.2) is 36.4 Å². The third kappa shape index (κ3) is 4.39. The Morgan fingerprint density at radius 2 is 2.03 bits per heavy atom. The van der Waals surface area contributed by atoms with Gasteiger partial charge in [-0.2, -0.15) is 0 Å². The SMILES string of the molecule is Cn1nnnc1N1Cc2ccc(-c3ccc(N4C[C@H](COP(C)(=O)O)OC4=O)cc3F)cc2C1. The molecule has 1 amide bonds. The van der Waals surface area contributed by atoms with Gasteiger partial charge in [0, 0.05) is 32.4 Å². The van der Waals surface area contributed by atoms with Crippen LogP contribution in [0.25, 0.3) is 11.1 Å². The maximum Gasteiger partial charge on any atom is 0.414 e. The molecular weight excluding hydrogens is 466 g/mol. The molecule has 0 radical (unpaired) electrons. The second-order valence-electron chi connectivity index (χ2n) is 8.32. The fraction of sp³-hybridized carbons (Fsp3) is 0.333. The highest BCUT2D eigenvalue weighted by atomic mass is 31.2. The average Bonchev–Trinajstić information content (AvgIpc) is 3.48. The van der Waals surface area contributed by atoms with Crippen molar-refractivity contribution in [2.75, 3.05) is 29.6 Å². The molecule has 1 fully saturated rings. The highest BCUT2D eigenvalue weighted by Gasteiger charge is 2.34. The molecule has 1 unspecified atom stereocenters. The zero-order valence-corrected chi connectivity index (χ0v) is 19.4. The number of aryl methyl sites for hydroxylation is 1. The van der Waals surface area contributed by atoms with Gasteiger partial charge in [0.1, 0.15) is 11.9 Å². The molecule has 0 saturated carbocycles. The number of hydrogen-bond acceptors (Lipinski definition) is 8. The minimum Gasteiger partial charge on any atom is -0.441 e. The van der Waals surface area contributed by atoms with E-state index in [0.29, 0.717) is 30.3 Å². The van der Waals surface area contributed by atoms with Gasteiger partial charge >= 0.3 is 13.7 Å². The number of rotatable bonds is 6. The first kappa shape index (κ1) is 22.5. The Morgan fingerprint density at radius 3 is 2.74 bits per heavy atom. The second-order valence-corrected chi connectivity index (χ2v) is 10.2. The van der Waals surface area contributed by atoms with Crippen molar-refractivity contribution in [3.8, 4) is 11.1 Å². The second kappa shape index (κ2) is 8.46. The minimum absolute atomic E-state index is 0.0865. The number of amides is 1. The van der Waals surface area contributed by atoms with E-state index >= 15 is 4.39 Å². The summed E-state index contributed by atoms with van der Waals surface area (Å²) in [4.78, 5) is 24.8. The summed E-state index contributed by atoms with van der Waals surface area (Å²) in [5.74, 6) is 0.181. The number of carbonyl (C=O) groups excluding carboxylic acids is 1. The van der Waals surface area contributed by atoms with Crippen molar-refractivity contribution in [1.29, 1.82) is 0 Å².